The molecular formula is C17H26FNO. The smallest absolute Gasteiger partial charge is 0.123 e. The maximum Gasteiger partial charge on any atom is 0.123 e. The van der Waals surface area contributed by atoms with Crippen molar-refractivity contribution >= 4 is 0 Å². The zero-order valence-electron chi connectivity index (χ0n) is 12.8. The van der Waals surface area contributed by atoms with Gasteiger partial charge in [-0.3, -0.25) is 4.90 Å². The summed E-state index contributed by atoms with van der Waals surface area (Å²) in [5.41, 5.74) is 2.08. The third-order valence-corrected chi connectivity index (χ3v) is 4.20. The third kappa shape index (κ3) is 4.03. The van der Waals surface area contributed by atoms with Crippen LogP contribution in [0.2, 0.25) is 0 Å². The monoisotopic (exact) mass is 279 g/mol. The minimum absolute atomic E-state index is 0.0271. The second kappa shape index (κ2) is 6.23. The van der Waals surface area contributed by atoms with Gasteiger partial charge < -0.3 is 5.11 Å². The Kier molecular flexibility index (Phi) is 4.82. The van der Waals surface area contributed by atoms with Crippen molar-refractivity contribution in [3.05, 3.63) is 35.1 Å². The molecule has 3 heteroatoms. The lowest BCUT2D eigenvalue weighted by molar-refractivity contribution is 0.127. The molecule has 1 N–H and O–H groups in total. The number of nitrogens with zero attached hydrogens (tertiary/aromatic N) is 1. The highest BCUT2D eigenvalue weighted by atomic mass is 19.1. The van der Waals surface area contributed by atoms with E-state index in [1.165, 1.54) is 0 Å². The lowest BCUT2D eigenvalue weighted by Gasteiger charge is -2.31. The van der Waals surface area contributed by atoms with Crippen LogP contribution in [0.4, 0.5) is 4.39 Å². The maximum absolute atomic E-state index is 13.8. The maximum atomic E-state index is 13.8. The number of halogens is 1. The largest absolute Gasteiger partial charge is 0.396 e. The van der Waals surface area contributed by atoms with E-state index in [1.807, 2.05) is 0 Å². The first-order chi connectivity index (χ1) is 9.38. The fraction of sp³-hybridized carbons (Fsp3) is 0.647. The predicted octanol–water partition coefficient (Wildman–Crippen LogP) is 3.33. The van der Waals surface area contributed by atoms with Gasteiger partial charge in [0.05, 0.1) is 0 Å². The Balaban J connectivity index is 2.05. The van der Waals surface area contributed by atoms with Gasteiger partial charge in [-0.25, -0.2) is 4.39 Å². The molecule has 0 atom stereocenters. The molecule has 1 aromatic rings. The second-order valence-corrected chi connectivity index (χ2v) is 7.00. The molecule has 1 fully saturated rings. The first-order valence-electron chi connectivity index (χ1n) is 7.51. The standard InChI is InChI=1S/C17H26FNO/c1-17(2,3)15-8-14(9-16(18)10-15)11-19-6-4-13(12-20)5-7-19/h8-10,13,20H,4-7,11-12H2,1-3H3. The Morgan fingerprint density at radius 3 is 2.40 bits per heavy atom. The van der Waals surface area contributed by atoms with Crippen LogP contribution in [0.15, 0.2) is 18.2 Å². The highest BCUT2D eigenvalue weighted by Crippen LogP contribution is 2.25. The van der Waals surface area contributed by atoms with Gasteiger partial charge in [0.1, 0.15) is 5.82 Å². The number of hydrogen-bond acceptors (Lipinski definition) is 2. The fourth-order valence-electron chi connectivity index (χ4n) is 2.76. The van der Waals surface area contributed by atoms with Crippen molar-refractivity contribution < 1.29 is 9.50 Å². The summed E-state index contributed by atoms with van der Waals surface area (Å²) in [5.74, 6) is 0.307. The number of aliphatic hydroxyl groups excluding tert-OH is 1. The van der Waals surface area contributed by atoms with Crippen molar-refractivity contribution in [2.45, 2.75) is 45.6 Å². The van der Waals surface area contributed by atoms with Gasteiger partial charge in [-0.2, -0.15) is 0 Å². The zero-order chi connectivity index (χ0) is 14.8. The topological polar surface area (TPSA) is 23.5 Å². The van der Waals surface area contributed by atoms with Gasteiger partial charge >= 0.3 is 0 Å². The molecule has 1 saturated heterocycles. The van der Waals surface area contributed by atoms with Crippen molar-refractivity contribution in [2.24, 2.45) is 5.92 Å². The molecule has 0 spiro atoms. The van der Waals surface area contributed by atoms with Gasteiger partial charge in [-0.15, -0.1) is 0 Å². The summed E-state index contributed by atoms with van der Waals surface area (Å²) in [6, 6.07) is 5.41. The minimum atomic E-state index is -0.141. The van der Waals surface area contributed by atoms with E-state index in [1.54, 1.807) is 12.1 Å². The minimum Gasteiger partial charge on any atom is -0.396 e. The summed E-state index contributed by atoms with van der Waals surface area (Å²) >= 11 is 0. The van der Waals surface area contributed by atoms with Gasteiger partial charge in [-0.05, 0) is 60.5 Å². The number of likely N-dealkylation sites (tertiary alicyclic amines) is 1. The van der Waals surface area contributed by atoms with Crippen LogP contribution in [-0.2, 0) is 12.0 Å². The summed E-state index contributed by atoms with van der Waals surface area (Å²) in [6.07, 6.45) is 2.08. The van der Waals surface area contributed by atoms with Crippen LogP contribution in [0.5, 0.6) is 0 Å². The van der Waals surface area contributed by atoms with E-state index in [4.69, 9.17) is 5.11 Å². The average molecular weight is 279 g/mol. The SMILES string of the molecule is CC(C)(C)c1cc(F)cc(CN2CCC(CO)CC2)c1. The van der Waals surface area contributed by atoms with Gasteiger partial charge in [0.2, 0.25) is 0 Å². The van der Waals surface area contributed by atoms with E-state index in [0.717, 1.165) is 43.6 Å². The van der Waals surface area contributed by atoms with Gasteiger partial charge in [0.15, 0.2) is 0 Å². The molecule has 1 aliphatic heterocycles. The lowest BCUT2D eigenvalue weighted by Crippen LogP contribution is -2.34. The van der Waals surface area contributed by atoms with Crippen molar-refractivity contribution in [1.82, 2.24) is 4.90 Å². The molecule has 112 valence electrons. The van der Waals surface area contributed by atoms with E-state index in [0.29, 0.717) is 12.5 Å². The first kappa shape index (κ1) is 15.5. The van der Waals surface area contributed by atoms with Gasteiger partial charge in [0.25, 0.3) is 0 Å². The Hall–Kier alpha value is -0.930. The van der Waals surface area contributed by atoms with Crippen molar-refractivity contribution in [3.63, 3.8) is 0 Å². The number of benzene rings is 1. The van der Waals surface area contributed by atoms with E-state index in [-0.39, 0.29) is 11.2 Å². The Bertz CT molecular complexity index is 445. The van der Waals surface area contributed by atoms with E-state index in [9.17, 15) is 4.39 Å². The third-order valence-electron chi connectivity index (χ3n) is 4.20. The summed E-state index contributed by atoms with van der Waals surface area (Å²) in [4.78, 5) is 2.35. The van der Waals surface area contributed by atoms with Crippen molar-refractivity contribution in [2.75, 3.05) is 19.7 Å². The Labute approximate surface area is 121 Å². The molecule has 0 radical (unpaired) electrons. The number of hydrogen-bond donors (Lipinski definition) is 1. The lowest BCUT2D eigenvalue weighted by atomic mass is 9.86. The summed E-state index contributed by atoms with van der Waals surface area (Å²) in [5, 5.41) is 9.16. The number of piperidine rings is 1. The van der Waals surface area contributed by atoms with Gasteiger partial charge in [0, 0.05) is 13.2 Å². The average Bonchev–Trinajstić information content (AvgIpc) is 2.38. The Morgan fingerprint density at radius 1 is 1.20 bits per heavy atom. The van der Waals surface area contributed by atoms with E-state index in [2.05, 4.69) is 31.7 Å². The highest BCUT2D eigenvalue weighted by Gasteiger charge is 2.20. The molecule has 0 amide bonds. The quantitative estimate of drug-likeness (QED) is 0.917. The van der Waals surface area contributed by atoms with Crippen LogP contribution < -0.4 is 0 Å². The summed E-state index contributed by atoms with van der Waals surface area (Å²) < 4.78 is 13.8. The first-order valence-corrected chi connectivity index (χ1v) is 7.51. The molecule has 2 nitrogen and oxygen atoms in total. The molecule has 0 bridgehead atoms. The second-order valence-electron chi connectivity index (χ2n) is 7.00. The van der Waals surface area contributed by atoms with Crippen LogP contribution >= 0.6 is 0 Å². The summed E-state index contributed by atoms with van der Waals surface area (Å²) in [7, 11) is 0. The summed E-state index contributed by atoms with van der Waals surface area (Å²) in [6.45, 7) is 9.41. The molecule has 0 saturated carbocycles. The molecule has 20 heavy (non-hydrogen) atoms. The predicted molar refractivity (Wildman–Crippen MR) is 80.2 cm³/mol. The molecule has 0 unspecified atom stereocenters. The number of aliphatic hydroxyl groups is 1. The molecule has 0 aromatic heterocycles. The molecule has 1 heterocycles. The van der Waals surface area contributed by atoms with Crippen LogP contribution in [-0.4, -0.2) is 29.7 Å². The van der Waals surface area contributed by atoms with Crippen molar-refractivity contribution in [3.8, 4) is 0 Å². The van der Waals surface area contributed by atoms with Crippen LogP contribution in [0, 0.1) is 11.7 Å². The normalized spacial score (nSPS) is 18.4. The molecule has 1 aromatic carbocycles. The molecule has 2 rings (SSSR count). The van der Waals surface area contributed by atoms with Crippen LogP contribution in [0.1, 0.15) is 44.7 Å². The van der Waals surface area contributed by atoms with Crippen LogP contribution in [0.3, 0.4) is 0 Å². The van der Waals surface area contributed by atoms with E-state index < -0.39 is 0 Å². The molecular weight excluding hydrogens is 253 g/mol. The fourth-order valence-corrected chi connectivity index (χ4v) is 2.76. The molecule has 0 aliphatic carbocycles. The molecule has 1 aliphatic rings. The van der Waals surface area contributed by atoms with Crippen molar-refractivity contribution in [1.29, 1.82) is 0 Å². The van der Waals surface area contributed by atoms with Crippen LogP contribution in [0.25, 0.3) is 0 Å². The number of rotatable bonds is 3. The van der Waals surface area contributed by atoms with E-state index >= 15 is 0 Å². The zero-order valence-corrected chi connectivity index (χ0v) is 12.8. The highest BCUT2D eigenvalue weighted by molar-refractivity contribution is 5.29. The van der Waals surface area contributed by atoms with Gasteiger partial charge in [-0.1, -0.05) is 26.8 Å². The Morgan fingerprint density at radius 2 is 1.85 bits per heavy atom.